The van der Waals surface area contributed by atoms with Gasteiger partial charge in [-0.25, -0.2) is 0 Å². The van der Waals surface area contributed by atoms with Gasteiger partial charge in [-0.2, -0.15) is 0 Å². The maximum Gasteiger partial charge on any atom is 0.0242 e. The Morgan fingerprint density at radius 3 is 2.07 bits per heavy atom. The first kappa shape index (κ1) is 30.6. The molecule has 220 valence electrons. The monoisotopic (exact) mass is 564 g/mol. The lowest BCUT2D eigenvalue weighted by atomic mass is 9.66. The lowest BCUT2D eigenvalue weighted by Crippen LogP contribution is -2.26. The van der Waals surface area contributed by atoms with Crippen LogP contribution in [0.15, 0.2) is 121 Å². The molecular formula is C43H48. The van der Waals surface area contributed by atoms with E-state index in [1.54, 1.807) is 0 Å². The largest absolute Gasteiger partial charge is 0.115 e. The van der Waals surface area contributed by atoms with Gasteiger partial charge in [-0.1, -0.05) is 130 Å². The van der Waals surface area contributed by atoms with Crippen LogP contribution in [-0.2, 0) is 6.42 Å². The van der Waals surface area contributed by atoms with Gasteiger partial charge in [0.05, 0.1) is 0 Å². The van der Waals surface area contributed by atoms with Crippen LogP contribution >= 0.6 is 0 Å². The van der Waals surface area contributed by atoms with Crippen LogP contribution in [0.25, 0.3) is 5.57 Å². The molecule has 0 nitrogen and oxygen atoms in total. The van der Waals surface area contributed by atoms with E-state index in [1.165, 1.54) is 70.2 Å². The van der Waals surface area contributed by atoms with E-state index in [0.717, 1.165) is 24.8 Å². The normalized spacial score (nSPS) is 20.3. The summed E-state index contributed by atoms with van der Waals surface area (Å²) >= 11 is 0. The van der Waals surface area contributed by atoms with Gasteiger partial charge in [0.1, 0.15) is 0 Å². The summed E-state index contributed by atoms with van der Waals surface area (Å²) in [5.74, 6) is 5.43. The van der Waals surface area contributed by atoms with Crippen LogP contribution in [0.3, 0.4) is 0 Å². The molecule has 0 spiro atoms. The number of hydrogen-bond acceptors (Lipinski definition) is 0. The molecule has 0 aromatic heterocycles. The zero-order valence-electron chi connectivity index (χ0n) is 26.5. The van der Waals surface area contributed by atoms with Gasteiger partial charge in [-0.15, -0.1) is 6.42 Å². The van der Waals surface area contributed by atoms with Crippen molar-refractivity contribution < 1.29 is 0 Å². The molecule has 0 heteroatoms. The maximum absolute atomic E-state index is 5.60. The Balaban J connectivity index is 1.33. The lowest BCUT2D eigenvalue weighted by Gasteiger charge is -2.39. The Morgan fingerprint density at radius 1 is 0.814 bits per heavy atom. The number of allylic oxidation sites excluding steroid dienone is 6. The third-order valence-electron chi connectivity index (χ3n) is 10.4. The fourth-order valence-electron chi connectivity index (χ4n) is 7.42. The third-order valence-corrected chi connectivity index (χ3v) is 10.4. The maximum atomic E-state index is 5.60. The Kier molecular flexibility index (Phi) is 10.0. The summed E-state index contributed by atoms with van der Waals surface area (Å²) in [6.45, 7) is 16.0. The first-order chi connectivity index (χ1) is 20.9. The molecule has 2 aliphatic rings. The van der Waals surface area contributed by atoms with Gasteiger partial charge in [0, 0.05) is 11.5 Å². The van der Waals surface area contributed by atoms with Crippen LogP contribution in [0.1, 0.15) is 98.9 Å². The van der Waals surface area contributed by atoms with Crippen molar-refractivity contribution >= 4 is 5.57 Å². The molecular weight excluding hydrogens is 516 g/mol. The van der Waals surface area contributed by atoms with Crippen LogP contribution in [0.5, 0.6) is 0 Å². The minimum absolute atomic E-state index is 0.380. The average molecular weight is 565 g/mol. The van der Waals surface area contributed by atoms with Crippen molar-refractivity contribution in [3.63, 3.8) is 0 Å². The third kappa shape index (κ3) is 7.22. The Bertz CT molecular complexity index is 1500. The van der Waals surface area contributed by atoms with Crippen molar-refractivity contribution in [3.05, 3.63) is 149 Å². The standard InChI is InChI=1S/C43H48/c1-7-30(3)41-26-27-42(29-41)38-20-24-40(25-21-38)43(32(5)31(4)28-35-12-10-9-11-13-35)39-22-18-37(19-23-39)33(6)36-16-14-34(8-2)15-17-36/h2,9-17,20-21,24-27,31,33,37,39,43H,3,5,7,18-19,22-23,28-29H2,1,4,6H3. The van der Waals surface area contributed by atoms with Crippen LogP contribution in [0, 0.1) is 30.1 Å². The van der Waals surface area contributed by atoms with E-state index in [-0.39, 0.29) is 0 Å². The first-order valence-electron chi connectivity index (χ1n) is 16.3. The van der Waals surface area contributed by atoms with Crippen LogP contribution in [0.2, 0.25) is 0 Å². The summed E-state index contributed by atoms with van der Waals surface area (Å²) < 4.78 is 0. The van der Waals surface area contributed by atoms with Gasteiger partial charge in [0.2, 0.25) is 0 Å². The van der Waals surface area contributed by atoms with Crippen molar-refractivity contribution in [1.82, 2.24) is 0 Å². The highest BCUT2D eigenvalue weighted by atomic mass is 14.4. The van der Waals surface area contributed by atoms with E-state index in [9.17, 15) is 0 Å². The van der Waals surface area contributed by atoms with E-state index in [0.29, 0.717) is 29.6 Å². The minimum Gasteiger partial charge on any atom is -0.115 e. The second kappa shape index (κ2) is 14.1. The zero-order valence-corrected chi connectivity index (χ0v) is 26.5. The molecule has 43 heavy (non-hydrogen) atoms. The Morgan fingerprint density at radius 2 is 1.44 bits per heavy atom. The van der Waals surface area contributed by atoms with Gasteiger partial charge < -0.3 is 0 Å². The molecule has 0 N–H and O–H groups in total. The Labute approximate surface area is 261 Å². The Hall–Kier alpha value is -3.82. The molecule has 3 aromatic rings. The predicted octanol–water partition coefficient (Wildman–Crippen LogP) is 11.5. The van der Waals surface area contributed by atoms with E-state index < -0.39 is 0 Å². The average Bonchev–Trinajstić information content (AvgIpc) is 3.56. The molecule has 1 saturated carbocycles. The number of benzene rings is 3. The molecule has 0 heterocycles. The summed E-state index contributed by atoms with van der Waals surface area (Å²) in [6.07, 6.45) is 18.2. The van der Waals surface area contributed by atoms with Crippen molar-refractivity contribution in [3.8, 4) is 12.3 Å². The molecule has 3 atom stereocenters. The van der Waals surface area contributed by atoms with Crippen LogP contribution in [-0.4, -0.2) is 0 Å². The fourth-order valence-corrected chi connectivity index (χ4v) is 7.42. The quantitative estimate of drug-likeness (QED) is 0.160. The molecule has 5 rings (SSSR count). The molecule has 1 fully saturated rings. The topological polar surface area (TPSA) is 0 Å². The van der Waals surface area contributed by atoms with Gasteiger partial charge in [0.15, 0.2) is 0 Å². The van der Waals surface area contributed by atoms with E-state index in [2.05, 4.69) is 124 Å². The number of terminal acetylenes is 1. The van der Waals surface area contributed by atoms with Gasteiger partial charge >= 0.3 is 0 Å². The smallest absolute Gasteiger partial charge is 0.0242 e. The first-order valence-corrected chi connectivity index (χ1v) is 16.3. The van der Waals surface area contributed by atoms with Crippen molar-refractivity contribution in [2.24, 2.45) is 17.8 Å². The highest BCUT2D eigenvalue weighted by Crippen LogP contribution is 2.47. The van der Waals surface area contributed by atoms with Crippen molar-refractivity contribution in [2.75, 3.05) is 0 Å². The second-order valence-electron chi connectivity index (χ2n) is 13.0. The molecule has 0 aliphatic heterocycles. The summed E-state index contributed by atoms with van der Waals surface area (Å²) in [6, 6.07) is 29.1. The SMILES string of the molecule is C#Cc1ccc(C(C)C2CCC(C(C(=C)C(C)Cc3ccccc3)c3ccc(C4=CC=C(C(=C)CC)C4)cc3)CC2)cc1. The summed E-state index contributed by atoms with van der Waals surface area (Å²) in [5, 5.41) is 0. The summed E-state index contributed by atoms with van der Waals surface area (Å²) in [4.78, 5) is 0. The van der Waals surface area contributed by atoms with Crippen LogP contribution < -0.4 is 0 Å². The molecule has 0 bridgehead atoms. The van der Waals surface area contributed by atoms with Crippen LogP contribution in [0.4, 0.5) is 0 Å². The van der Waals surface area contributed by atoms with E-state index in [1.807, 2.05) is 0 Å². The summed E-state index contributed by atoms with van der Waals surface area (Å²) in [5.41, 5.74) is 11.9. The minimum atomic E-state index is 0.380. The molecule has 3 aromatic carbocycles. The molecule has 3 unspecified atom stereocenters. The summed E-state index contributed by atoms with van der Waals surface area (Å²) in [7, 11) is 0. The fraction of sp³-hybridized carbons (Fsp3) is 0.349. The zero-order chi connectivity index (χ0) is 30.3. The van der Waals surface area contributed by atoms with Gasteiger partial charge in [-0.05, 0) is 114 Å². The number of hydrogen-bond donors (Lipinski definition) is 0. The van der Waals surface area contributed by atoms with E-state index in [4.69, 9.17) is 13.0 Å². The van der Waals surface area contributed by atoms with Gasteiger partial charge in [-0.3, -0.25) is 0 Å². The molecule has 2 aliphatic carbocycles. The predicted molar refractivity (Wildman–Crippen MR) is 186 cm³/mol. The van der Waals surface area contributed by atoms with Gasteiger partial charge in [0.25, 0.3) is 0 Å². The highest BCUT2D eigenvalue weighted by Gasteiger charge is 2.34. The van der Waals surface area contributed by atoms with Crippen molar-refractivity contribution in [2.45, 2.75) is 77.6 Å². The molecule has 0 saturated heterocycles. The lowest BCUT2D eigenvalue weighted by molar-refractivity contribution is 0.228. The number of rotatable bonds is 11. The van der Waals surface area contributed by atoms with E-state index >= 15 is 0 Å². The molecule has 0 amide bonds. The van der Waals surface area contributed by atoms with Crippen molar-refractivity contribution in [1.29, 1.82) is 0 Å². The second-order valence-corrected chi connectivity index (χ2v) is 13.0. The molecule has 0 radical (unpaired) electrons. The highest BCUT2D eigenvalue weighted by molar-refractivity contribution is 5.74.